The van der Waals surface area contributed by atoms with Crippen LogP contribution in [-0.2, 0) is 10.1 Å². The Hall–Kier alpha value is 0.680. The van der Waals surface area contributed by atoms with Gasteiger partial charge in [-0.25, -0.2) is 0 Å². The van der Waals surface area contributed by atoms with Crippen LogP contribution in [0.25, 0.3) is 0 Å². The lowest BCUT2D eigenvalue weighted by atomic mass is 11.9. The normalized spacial score (nSPS) is 16.4. The summed E-state index contributed by atoms with van der Waals surface area (Å²) in [6.07, 6.45) is 0. The predicted octanol–water partition coefficient (Wildman–Crippen LogP) is 0.792. The summed E-state index contributed by atoms with van der Waals surface area (Å²) >= 11 is 7.25. The highest BCUT2D eigenvalue weighted by molar-refractivity contribution is 9.11. The monoisotopic (exact) mass is 208 g/mol. The Bertz CT molecular complexity index is 137. The standard InChI is InChI=1S/CH2BrClO3S/c2-1(3)7(4,5)6/h1H,(H,4,5,6). The second kappa shape index (κ2) is 2.30. The van der Waals surface area contributed by atoms with Crippen molar-refractivity contribution < 1.29 is 13.0 Å². The van der Waals surface area contributed by atoms with Crippen LogP contribution >= 0.6 is 27.5 Å². The van der Waals surface area contributed by atoms with Crippen LogP contribution in [0.2, 0.25) is 0 Å². The summed E-state index contributed by atoms with van der Waals surface area (Å²) < 4.78 is 25.9. The van der Waals surface area contributed by atoms with Gasteiger partial charge < -0.3 is 0 Å². The van der Waals surface area contributed by atoms with Gasteiger partial charge in [0, 0.05) is 0 Å². The highest BCUT2D eigenvalue weighted by Crippen LogP contribution is 2.10. The highest BCUT2D eigenvalue weighted by atomic mass is 79.9. The average molecular weight is 209 g/mol. The van der Waals surface area contributed by atoms with Crippen LogP contribution in [-0.4, -0.2) is 16.6 Å². The Balaban J connectivity index is 4.10. The number of rotatable bonds is 1. The summed E-state index contributed by atoms with van der Waals surface area (Å²) in [5, 5.41) is 0. The molecule has 3 nitrogen and oxygen atoms in total. The van der Waals surface area contributed by atoms with E-state index >= 15 is 0 Å². The molecule has 0 bridgehead atoms. The van der Waals surface area contributed by atoms with Gasteiger partial charge in [0.05, 0.1) is 0 Å². The van der Waals surface area contributed by atoms with Gasteiger partial charge in [0.25, 0.3) is 10.1 Å². The SMILES string of the molecule is O=S(=O)(O)C(Cl)Br. The molecule has 0 radical (unpaired) electrons. The van der Waals surface area contributed by atoms with Crippen LogP contribution in [0.15, 0.2) is 0 Å². The maximum absolute atomic E-state index is 9.71. The van der Waals surface area contributed by atoms with Crippen molar-refractivity contribution in [3.8, 4) is 0 Å². The van der Waals surface area contributed by atoms with Gasteiger partial charge in [0.1, 0.15) is 0 Å². The van der Waals surface area contributed by atoms with Crippen LogP contribution in [0.3, 0.4) is 0 Å². The minimum atomic E-state index is -4.06. The minimum absolute atomic E-state index is 1.39. The van der Waals surface area contributed by atoms with Gasteiger partial charge in [-0.2, -0.15) is 8.42 Å². The van der Waals surface area contributed by atoms with E-state index in [1.54, 1.807) is 0 Å². The molecule has 7 heavy (non-hydrogen) atoms. The Kier molecular flexibility index (Phi) is 2.52. The van der Waals surface area contributed by atoms with Crippen molar-refractivity contribution >= 4 is 37.6 Å². The fourth-order valence-corrected chi connectivity index (χ4v) is 0. The molecular formula is CH2BrClO3S. The molecule has 1 unspecified atom stereocenters. The van der Waals surface area contributed by atoms with Gasteiger partial charge in [-0.15, -0.1) is 0 Å². The van der Waals surface area contributed by atoms with E-state index in [-0.39, 0.29) is 0 Å². The first-order chi connectivity index (χ1) is 2.94. The fourth-order valence-electron chi connectivity index (χ4n) is 0. The van der Waals surface area contributed by atoms with Gasteiger partial charge in [-0.05, 0) is 0 Å². The van der Waals surface area contributed by atoms with Crippen LogP contribution in [0.5, 0.6) is 0 Å². The summed E-state index contributed by atoms with van der Waals surface area (Å²) in [6, 6.07) is 0. The summed E-state index contributed by atoms with van der Waals surface area (Å²) in [5.41, 5.74) is 0. The molecule has 0 fully saturated rings. The molecule has 0 rings (SSSR count). The van der Waals surface area contributed by atoms with Crippen molar-refractivity contribution in [3.63, 3.8) is 0 Å². The van der Waals surface area contributed by atoms with Crippen LogP contribution < -0.4 is 0 Å². The summed E-state index contributed by atoms with van der Waals surface area (Å²) in [6.45, 7) is 0. The molecule has 1 N–H and O–H groups in total. The molecule has 0 heterocycles. The first-order valence-corrected chi connectivity index (χ1v) is 4.04. The fraction of sp³-hybridized carbons (Fsp3) is 1.00. The van der Waals surface area contributed by atoms with E-state index in [4.69, 9.17) is 16.2 Å². The quantitative estimate of drug-likeness (QED) is 0.513. The van der Waals surface area contributed by atoms with E-state index in [0.29, 0.717) is 0 Å². The molecule has 0 saturated carbocycles. The van der Waals surface area contributed by atoms with Crippen molar-refractivity contribution in [2.24, 2.45) is 0 Å². The van der Waals surface area contributed by atoms with Crippen molar-refractivity contribution in [1.82, 2.24) is 0 Å². The van der Waals surface area contributed by atoms with Crippen molar-refractivity contribution in [2.45, 2.75) is 3.62 Å². The zero-order valence-corrected chi connectivity index (χ0v) is 6.16. The van der Waals surface area contributed by atoms with Gasteiger partial charge in [-0.1, -0.05) is 27.5 Å². The Labute approximate surface area is 54.5 Å². The maximum atomic E-state index is 9.71. The molecule has 0 aromatic rings. The molecule has 0 aromatic carbocycles. The lowest BCUT2D eigenvalue weighted by Crippen LogP contribution is -2.04. The molecule has 0 aliphatic rings. The van der Waals surface area contributed by atoms with Crippen molar-refractivity contribution in [3.05, 3.63) is 0 Å². The molecule has 0 saturated heterocycles. The van der Waals surface area contributed by atoms with E-state index in [1.165, 1.54) is 0 Å². The Morgan fingerprint density at radius 2 is 1.86 bits per heavy atom. The zero-order chi connectivity index (χ0) is 6.08. The van der Waals surface area contributed by atoms with Gasteiger partial charge >= 0.3 is 0 Å². The van der Waals surface area contributed by atoms with Crippen molar-refractivity contribution in [1.29, 1.82) is 0 Å². The maximum Gasteiger partial charge on any atom is 0.292 e. The number of halogens is 2. The van der Waals surface area contributed by atoms with E-state index < -0.39 is 13.7 Å². The lowest BCUT2D eigenvalue weighted by molar-refractivity contribution is 0.487. The second-order valence-corrected chi connectivity index (χ2v) is 5.02. The molecule has 0 spiro atoms. The Morgan fingerprint density at radius 1 is 1.71 bits per heavy atom. The van der Waals surface area contributed by atoms with E-state index in [0.717, 1.165) is 0 Å². The van der Waals surface area contributed by atoms with Crippen LogP contribution in [0, 0.1) is 0 Å². The average Bonchev–Trinajstić information content (AvgIpc) is 1.31. The topological polar surface area (TPSA) is 54.4 Å². The first kappa shape index (κ1) is 7.68. The largest absolute Gasteiger partial charge is 0.292 e. The third-order valence-electron chi connectivity index (χ3n) is 0.225. The molecule has 0 aliphatic heterocycles. The predicted molar refractivity (Wildman–Crippen MR) is 30.1 cm³/mol. The van der Waals surface area contributed by atoms with E-state index in [2.05, 4.69) is 15.9 Å². The Morgan fingerprint density at radius 3 is 1.86 bits per heavy atom. The molecule has 44 valence electrons. The van der Waals surface area contributed by atoms with Gasteiger partial charge in [0.15, 0.2) is 0 Å². The summed E-state index contributed by atoms with van der Waals surface area (Å²) in [7, 11) is -4.06. The third kappa shape index (κ3) is 3.28. The number of hydrogen-bond acceptors (Lipinski definition) is 2. The summed E-state index contributed by atoms with van der Waals surface area (Å²) in [5.74, 6) is 0. The van der Waals surface area contributed by atoms with Gasteiger partial charge in [0.2, 0.25) is 3.62 Å². The smallest absolute Gasteiger partial charge is 0.284 e. The van der Waals surface area contributed by atoms with E-state index in [1.807, 2.05) is 0 Å². The molecule has 6 heteroatoms. The number of hydrogen-bond donors (Lipinski definition) is 1. The highest BCUT2D eigenvalue weighted by Gasteiger charge is 2.13. The molecule has 0 aliphatic carbocycles. The first-order valence-electron chi connectivity index (χ1n) is 1.19. The molecular weight excluding hydrogens is 207 g/mol. The zero-order valence-electron chi connectivity index (χ0n) is 3.01. The van der Waals surface area contributed by atoms with Crippen molar-refractivity contribution in [2.75, 3.05) is 0 Å². The second-order valence-electron chi connectivity index (χ2n) is 0.776. The van der Waals surface area contributed by atoms with Gasteiger partial charge in [-0.3, -0.25) is 4.55 Å². The molecule has 1 atom stereocenters. The molecule has 0 aromatic heterocycles. The van der Waals surface area contributed by atoms with E-state index in [9.17, 15) is 8.42 Å². The summed E-state index contributed by atoms with van der Waals surface area (Å²) in [4.78, 5) is 0. The third-order valence-corrected chi connectivity index (χ3v) is 2.77. The van der Waals surface area contributed by atoms with Crippen LogP contribution in [0.4, 0.5) is 0 Å². The number of alkyl halides is 2. The molecule has 0 amide bonds. The minimum Gasteiger partial charge on any atom is -0.284 e. The van der Waals surface area contributed by atoms with Crippen LogP contribution in [0.1, 0.15) is 0 Å². The lowest BCUT2D eigenvalue weighted by Gasteiger charge is -1.90.